The third-order valence-corrected chi connectivity index (χ3v) is 4.30. The first-order valence-electron chi connectivity index (χ1n) is 6.23. The molecule has 3 N–H and O–H groups in total. The van der Waals surface area contributed by atoms with Gasteiger partial charge < -0.3 is 11.1 Å². The van der Waals surface area contributed by atoms with E-state index in [4.69, 9.17) is 5.73 Å². The zero-order valence-electron chi connectivity index (χ0n) is 11.0. The predicted octanol–water partition coefficient (Wildman–Crippen LogP) is 1.31. The van der Waals surface area contributed by atoms with Crippen molar-refractivity contribution in [3.05, 3.63) is 33.8 Å². The molecule has 7 heteroatoms. The zero-order valence-corrected chi connectivity index (χ0v) is 11.8. The first kappa shape index (κ1) is 12.9. The first-order chi connectivity index (χ1) is 9.49. The summed E-state index contributed by atoms with van der Waals surface area (Å²) in [5.41, 5.74) is 6.85. The number of aromatic nitrogens is 2. The summed E-state index contributed by atoms with van der Waals surface area (Å²) in [7, 11) is 0. The molecule has 0 aromatic carbocycles. The summed E-state index contributed by atoms with van der Waals surface area (Å²) >= 11 is 1.28. The fraction of sp³-hybridized carbons (Fsp3) is 0.308. The zero-order chi connectivity index (χ0) is 14.4. The van der Waals surface area contributed by atoms with E-state index in [9.17, 15) is 9.59 Å². The lowest BCUT2D eigenvalue weighted by Crippen LogP contribution is -2.41. The molecule has 1 atom stereocenters. The van der Waals surface area contributed by atoms with Crippen LogP contribution in [-0.2, 0) is 4.79 Å². The lowest BCUT2D eigenvalue weighted by Gasteiger charge is -2.26. The maximum Gasteiger partial charge on any atom is 0.265 e. The van der Waals surface area contributed by atoms with E-state index in [1.165, 1.54) is 15.9 Å². The Kier molecular flexibility index (Phi) is 2.86. The Labute approximate surface area is 118 Å². The Morgan fingerprint density at radius 3 is 3.00 bits per heavy atom. The van der Waals surface area contributed by atoms with Crippen molar-refractivity contribution >= 4 is 33.1 Å². The molecule has 20 heavy (non-hydrogen) atoms. The number of hydrogen-bond donors (Lipinski definition) is 2. The third kappa shape index (κ3) is 1.82. The maximum atomic E-state index is 12.6. The van der Waals surface area contributed by atoms with Crippen LogP contribution >= 0.6 is 11.3 Å². The quantitative estimate of drug-likeness (QED) is 0.828. The van der Waals surface area contributed by atoms with Crippen LogP contribution in [-0.4, -0.2) is 15.5 Å². The second-order valence-corrected chi connectivity index (χ2v) is 5.75. The topological polar surface area (TPSA) is 90.0 Å². The van der Waals surface area contributed by atoms with Crippen molar-refractivity contribution in [1.29, 1.82) is 0 Å². The van der Waals surface area contributed by atoms with Gasteiger partial charge in [0, 0.05) is 11.1 Å². The molecule has 0 bridgehead atoms. The molecule has 0 aliphatic carbocycles. The Morgan fingerprint density at radius 2 is 2.30 bits per heavy atom. The van der Waals surface area contributed by atoms with Crippen molar-refractivity contribution in [3.63, 3.8) is 0 Å². The molecule has 2 aromatic heterocycles. The van der Waals surface area contributed by atoms with Crippen molar-refractivity contribution in [2.75, 3.05) is 5.73 Å². The van der Waals surface area contributed by atoms with Crippen molar-refractivity contribution < 1.29 is 4.79 Å². The molecule has 6 nitrogen and oxygen atoms in total. The number of allylic oxidation sites excluding steroid dienone is 1. The van der Waals surface area contributed by atoms with E-state index < -0.39 is 6.04 Å². The van der Waals surface area contributed by atoms with Crippen LogP contribution in [0.5, 0.6) is 0 Å². The molecule has 104 valence electrons. The van der Waals surface area contributed by atoms with Gasteiger partial charge in [-0.3, -0.25) is 14.2 Å². The number of thiophene rings is 1. The highest BCUT2D eigenvalue weighted by atomic mass is 32.1. The fourth-order valence-corrected chi connectivity index (χ4v) is 3.25. The highest BCUT2D eigenvalue weighted by molar-refractivity contribution is 7.15. The van der Waals surface area contributed by atoms with Crippen molar-refractivity contribution in [1.82, 2.24) is 14.9 Å². The SMILES string of the molecule is C=C1CCC(n2c(C)nc3csc(N)c3c2=O)C(=O)N1. The van der Waals surface area contributed by atoms with Crippen LogP contribution in [0.2, 0.25) is 0 Å². The molecular weight excluding hydrogens is 276 g/mol. The van der Waals surface area contributed by atoms with E-state index in [0.29, 0.717) is 40.3 Å². The van der Waals surface area contributed by atoms with E-state index in [1.54, 1.807) is 12.3 Å². The molecule has 1 unspecified atom stereocenters. The average molecular weight is 290 g/mol. The second-order valence-electron chi connectivity index (χ2n) is 4.84. The predicted molar refractivity (Wildman–Crippen MR) is 78.6 cm³/mol. The fourth-order valence-electron chi connectivity index (χ4n) is 2.53. The van der Waals surface area contributed by atoms with E-state index in [-0.39, 0.29) is 11.5 Å². The Balaban J connectivity index is 2.21. The van der Waals surface area contributed by atoms with Gasteiger partial charge in [0.15, 0.2) is 0 Å². The van der Waals surface area contributed by atoms with Gasteiger partial charge in [-0.05, 0) is 19.8 Å². The van der Waals surface area contributed by atoms with Crippen LogP contribution < -0.4 is 16.6 Å². The molecule has 0 radical (unpaired) electrons. The molecule has 0 spiro atoms. The van der Waals surface area contributed by atoms with Crippen LogP contribution in [0.4, 0.5) is 5.00 Å². The van der Waals surface area contributed by atoms with Gasteiger partial charge in [0.25, 0.3) is 5.56 Å². The summed E-state index contributed by atoms with van der Waals surface area (Å²) in [6.45, 7) is 5.47. The van der Waals surface area contributed by atoms with Gasteiger partial charge in [0.05, 0.1) is 10.9 Å². The van der Waals surface area contributed by atoms with Gasteiger partial charge in [0.2, 0.25) is 5.91 Å². The normalized spacial score (nSPS) is 19.4. The minimum Gasteiger partial charge on any atom is -0.390 e. The maximum absolute atomic E-state index is 12.6. The van der Waals surface area contributed by atoms with E-state index in [0.717, 1.165) is 0 Å². The minimum absolute atomic E-state index is 0.221. The standard InChI is InChI=1S/C13H14N4O2S/c1-6-3-4-9(12(18)15-6)17-7(2)16-8-5-20-11(14)10(8)13(17)19/h5,9H,1,3-4,14H2,2H3,(H,15,18). The number of nitrogen functional groups attached to an aromatic ring is 1. The molecule has 1 amide bonds. The van der Waals surface area contributed by atoms with Crippen LogP contribution in [0.3, 0.4) is 0 Å². The number of nitrogens with zero attached hydrogens (tertiary/aromatic N) is 2. The number of nitrogens with two attached hydrogens (primary N) is 1. The minimum atomic E-state index is -0.552. The number of rotatable bonds is 1. The summed E-state index contributed by atoms with van der Waals surface area (Å²) in [5.74, 6) is 0.300. The van der Waals surface area contributed by atoms with Crippen LogP contribution in [0.15, 0.2) is 22.5 Å². The lowest BCUT2D eigenvalue weighted by molar-refractivity contribution is -0.124. The van der Waals surface area contributed by atoms with E-state index in [1.807, 2.05) is 0 Å². The molecule has 3 heterocycles. The number of hydrogen-bond acceptors (Lipinski definition) is 5. The number of nitrogens with one attached hydrogen (secondary N) is 1. The van der Waals surface area contributed by atoms with Gasteiger partial charge in [-0.1, -0.05) is 6.58 Å². The Bertz CT molecular complexity index is 790. The number of anilines is 1. The third-order valence-electron chi connectivity index (χ3n) is 3.50. The number of carbonyl (C=O) groups is 1. The number of amides is 1. The molecule has 3 rings (SSSR count). The highest BCUT2D eigenvalue weighted by Crippen LogP contribution is 2.26. The number of fused-ring (bicyclic) bond motifs is 1. The van der Waals surface area contributed by atoms with Crippen LogP contribution in [0, 0.1) is 6.92 Å². The monoisotopic (exact) mass is 290 g/mol. The van der Waals surface area contributed by atoms with Gasteiger partial charge in [0.1, 0.15) is 16.9 Å². The van der Waals surface area contributed by atoms with Crippen LogP contribution in [0.1, 0.15) is 24.7 Å². The van der Waals surface area contributed by atoms with Gasteiger partial charge in [-0.25, -0.2) is 4.98 Å². The van der Waals surface area contributed by atoms with E-state index >= 15 is 0 Å². The molecular formula is C13H14N4O2S. The van der Waals surface area contributed by atoms with Crippen molar-refractivity contribution in [2.24, 2.45) is 0 Å². The molecule has 0 saturated carbocycles. The van der Waals surface area contributed by atoms with Gasteiger partial charge in [-0.2, -0.15) is 0 Å². The lowest BCUT2D eigenvalue weighted by atomic mass is 10.0. The number of piperidine rings is 1. The summed E-state index contributed by atoms with van der Waals surface area (Å²) in [6.07, 6.45) is 1.20. The summed E-state index contributed by atoms with van der Waals surface area (Å²) in [4.78, 5) is 29.1. The molecule has 1 aliphatic rings. The summed E-state index contributed by atoms with van der Waals surface area (Å²) in [6, 6.07) is -0.552. The molecule has 1 saturated heterocycles. The van der Waals surface area contributed by atoms with Crippen molar-refractivity contribution in [3.8, 4) is 0 Å². The molecule has 1 aliphatic heterocycles. The number of aryl methyl sites for hydroxylation is 1. The second kappa shape index (κ2) is 4.45. The van der Waals surface area contributed by atoms with Gasteiger partial charge in [-0.15, -0.1) is 11.3 Å². The Hall–Kier alpha value is -2.15. The summed E-state index contributed by atoms with van der Waals surface area (Å²) < 4.78 is 1.44. The smallest absolute Gasteiger partial charge is 0.265 e. The highest BCUT2D eigenvalue weighted by Gasteiger charge is 2.28. The van der Waals surface area contributed by atoms with Crippen molar-refractivity contribution in [2.45, 2.75) is 25.8 Å². The molecule has 2 aromatic rings. The van der Waals surface area contributed by atoms with E-state index in [2.05, 4.69) is 16.9 Å². The van der Waals surface area contributed by atoms with Gasteiger partial charge >= 0.3 is 0 Å². The average Bonchev–Trinajstić information content (AvgIpc) is 2.73. The largest absolute Gasteiger partial charge is 0.390 e. The van der Waals surface area contributed by atoms with Crippen LogP contribution in [0.25, 0.3) is 10.9 Å². The summed E-state index contributed by atoms with van der Waals surface area (Å²) in [5, 5.41) is 5.28. The molecule has 1 fully saturated rings. The Morgan fingerprint density at radius 1 is 1.55 bits per heavy atom. The number of carbonyl (C=O) groups excluding carboxylic acids is 1. The first-order valence-corrected chi connectivity index (χ1v) is 7.11.